The third kappa shape index (κ3) is 4.70. The third-order valence-corrected chi connectivity index (χ3v) is 5.06. The Kier molecular flexibility index (Phi) is 6.42. The van der Waals surface area contributed by atoms with Crippen molar-refractivity contribution in [2.75, 3.05) is 19.7 Å². The van der Waals surface area contributed by atoms with Gasteiger partial charge in [-0.2, -0.15) is 0 Å². The molecule has 6 heteroatoms. The second-order valence-corrected chi connectivity index (χ2v) is 7.02. The van der Waals surface area contributed by atoms with Crippen LogP contribution in [0, 0.1) is 11.6 Å². The zero-order valence-corrected chi connectivity index (χ0v) is 16.5. The van der Waals surface area contributed by atoms with Crippen LogP contribution in [-0.4, -0.2) is 36.5 Å². The molecule has 1 amide bonds. The molecule has 0 saturated carbocycles. The largest absolute Gasteiger partial charge is 0.450 e. The molecule has 0 spiro atoms. The molecule has 0 aliphatic carbocycles. The maximum Gasteiger partial charge on any atom is 0.410 e. The summed E-state index contributed by atoms with van der Waals surface area (Å²) >= 11 is 0. The lowest BCUT2D eigenvalue weighted by Gasteiger charge is -2.29. The van der Waals surface area contributed by atoms with E-state index in [1.54, 1.807) is 24.0 Å². The molecule has 29 heavy (non-hydrogen) atoms. The van der Waals surface area contributed by atoms with Crippen LogP contribution in [0.4, 0.5) is 13.6 Å². The molecule has 2 aromatic rings. The summed E-state index contributed by atoms with van der Waals surface area (Å²) in [6, 6.07) is 10.7. The number of Topliss-reactive ketones (excluding diaryl/α,β-unsaturated/α-hetero) is 1. The molecule has 0 saturated heterocycles. The van der Waals surface area contributed by atoms with Gasteiger partial charge in [0.1, 0.15) is 11.6 Å². The highest BCUT2D eigenvalue weighted by atomic mass is 19.1. The van der Waals surface area contributed by atoms with E-state index in [4.69, 9.17) is 4.74 Å². The first-order valence-electron chi connectivity index (χ1n) is 9.57. The average molecular weight is 399 g/mol. The van der Waals surface area contributed by atoms with Gasteiger partial charge in [-0.3, -0.25) is 4.79 Å². The van der Waals surface area contributed by atoms with Crippen molar-refractivity contribution in [3.8, 4) is 0 Å². The Bertz CT molecular complexity index is 931. The van der Waals surface area contributed by atoms with Crippen LogP contribution in [0.25, 0.3) is 5.57 Å². The molecule has 0 fully saturated rings. The number of hydrogen-bond acceptors (Lipinski definition) is 3. The molecule has 2 aromatic carbocycles. The summed E-state index contributed by atoms with van der Waals surface area (Å²) in [6.07, 6.45) is 0.345. The molecule has 0 atom stereocenters. The molecule has 0 N–H and O–H groups in total. The Morgan fingerprint density at radius 1 is 1.07 bits per heavy atom. The fourth-order valence-electron chi connectivity index (χ4n) is 3.43. The van der Waals surface area contributed by atoms with Gasteiger partial charge in [-0.05, 0) is 49.1 Å². The fraction of sp³-hybridized carbons (Fsp3) is 0.304. The van der Waals surface area contributed by atoms with E-state index in [9.17, 15) is 18.4 Å². The van der Waals surface area contributed by atoms with E-state index in [2.05, 4.69) is 0 Å². The van der Waals surface area contributed by atoms with Crippen molar-refractivity contribution in [1.29, 1.82) is 0 Å². The van der Waals surface area contributed by atoms with Gasteiger partial charge in [0.15, 0.2) is 5.78 Å². The molecular weight excluding hydrogens is 376 g/mol. The number of halogens is 2. The van der Waals surface area contributed by atoms with Gasteiger partial charge in [-0.15, -0.1) is 0 Å². The second kappa shape index (κ2) is 8.99. The minimum Gasteiger partial charge on any atom is -0.450 e. The zero-order chi connectivity index (χ0) is 21.0. The molecule has 0 radical (unpaired) electrons. The summed E-state index contributed by atoms with van der Waals surface area (Å²) in [5, 5.41) is 0. The molecule has 1 heterocycles. The zero-order valence-electron chi connectivity index (χ0n) is 16.5. The number of amides is 1. The second-order valence-electron chi connectivity index (χ2n) is 7.02. The number of ether oxygens (including phenoxy) is 1. The Labute approximate surface area is 168 Å². The van der Waals surface area contributed by atoms with Crippen LogP contribution in [-0.2, 0) is 11.2 Å². The van der Waals surface area contributed by atoms with Gasteiger partial charge >= 0.3 is 6.09 Å². The Balaban J connectivity index is 1.74. The standard InChI is InChI=1S/C23H23F2NO3/c1-3-29-23(28)26-12-11-15(2)18(14-26)17-9-7-16(8-10-17)13-21(27)22-19(24)5-4-6-20(22)25/h4-10H,3,11-14H2,1-2H3. The average Bonchev–Trinajstić information content (AvgIpc) is 2.69. The van der Waals surface area contributed by atoms with Crippen molar-refractivity contribution < 1.29 is 23.1 Å². The van der Waals surface area contributed by atoms with E-state index in [1.807, 2.05) is 19.1 Å². The minimum atomic E-state index is -0.853. The number of carbonyl (C=O) groups excluding carboxylic acids is 2. The van der Waals surface area contributed by atoms with Crippen molar-refractivity contribution in [1.82, 2.24) is 4.90 Å². The number of rotatable bonds is 5. The first kappa shape index (κ1) is 20.7. The molecule has 0 bridgehead atoms. The van der Waals surface area contributed by atoms with E-state index >= 15 is 0 Å². The quantitative estimate of drug-likeness (QED) is 0.663. The Morgan fingerprint density at radius 3 is 2.34 bits per heavy atom. The van der Waals surface area contributed by atoms with Gasteiger partial charge in [-0.25, -0.2) is 13.6 Å². The maximum atomic E-state index is 13.8. The lowest BCUT2D eigenvalue weighted by Crippen LogP contribution is -2.36. The molecule has 0 unspecified atom stereocenters. The van der Waals surface area contributed by atoms with Crippen molar-refractivity contribution in [2.24, 2.45) is 0 Å². The summed E-state index contributed by atoms with van der Waals surface area (Å²) in [5.74, 6) is -2.31. The van der Waals surface area contributed by atoms with Crippen LogP contribution >= 0.6 is 0 Å². The van der Waals surface area contributed by atoms with Crippen molar-refractivity contribution in [2.45, 2.75) is 26.7 Å². The molecule has 4 nitrogen and oxygen atoms in total. The van der Waals surface area contributed by atoms with Crippen molar-refractivity contribution in [3.05, 3.63) is 76.4 Å². The van der Waals surface area contributed by atoms with Crippen LogP contribution < -0.4 is 0 Å². The maximum absolute atomic E-state index is 13.8. The van der Waals surface area contributed by atoms with Crippen LogP contribution in [0.5, 0.6) is 0 Å². The lowest BCUT2D eigenvalue weighted by atomic mass is 9.93. The van der Waals surface area contributed by atoms with Crippen molar-refractivity contribution in [3.63, 3.8) is 0 Å². The van der Waals surface area contributed by atoms with Gasteiger partial charge in [-0.1, -0.05) is 35.9 Å². The van der Waals surface area contributed by atoms with E-state index in [0.717, 1.165) is 29.7 Å². The Hall–Kier alpha value is -3.02. The lowest BCUT2D eigenvalue weighted by molar-refractivity contribution is 0.0984. The van der Waals surface area contributed by atoms with Gasteiger partial charge in [0.2, 0.25) is 0 Å². The van der Waals surface area contributed by atoms with Gasteiger partial charge < -0.3 is 9.64 Å². The van der Waals surface area contributed by atoms with E-state index in [1.165, 1.54) is 11.6 Å². The van der Waals surface area contributed by atoms with E-state index in [0.29, 0.717) is 25.3 Å². The number of carbonyl (C=O) groups is 2. The third-order valence-electron chi connectivity index (χ3n) is 5.06. The number of benzene rings is 2. The van der Waals surface area contributed by atoms with Crippen LogP contribution in [0.1, 0.15) is 41.8 Å². The molecule has 3 rings (SSSR count). The molecule has 1 aliphatic heterocycles. The Morgan fingerprint density at radius 2 is 1.72 bits per heavy atom. The summed E-state index contributed by atoms with van der Waals surface area (Å²) in [6.45, 7) is 5.23. The number of hydrogen-bond donors (Lipinski definition) is 0. The molecule has 152 valence electrons. The molecule has 0 aromatic heterocycles. The molecule has 1 aliphatic rings. The topological polar surface area (TPSA) is 46.6 Å². The SMILES string of the molecule is CCOC(=O)N1CCC(C)=C(c2ccc(CC(=O)c3c(F)cccc3F)cc2)C1. The minimum absolute atomic E-state index is 0.0921. The predicted octanol–water partition coefficient (Wildman–Crippen LogP) is 5.03. The van der Waals surface area contributed by atoms with Crippen LogP contribution in [0.3, 0.4) is 0 Å². The van der Waals surface area contributed by atoms with Gasteiger partial charge in [0.25, 0.3) is 0 Å². The summed E-state index contributed by atoms with van der Waals surface area (Å²) < 4.78 is 32.7. The van der Waals surface area contributed by atoms with E-state index < -0.39 is 23.0 Å². The molecular formula is C23H23F2NO3. The highest BCUT2D eigenvalue weighted by Gasteiger charge is 2.23. The van der Waals surface area contributed by atoms with Crippen LogP contribution in [0.15, 0.2) is 48.0 Å². The summed E-state index contributed by atoms with van der Waals surface area (Å²) in [7, 11) is 0. The summed E-state index contributed by atoms with van der Waals surface area (Å²) in [4.78, 5) is 26.0. The first-order valence-corrected chi connectivity index (χ1v) is 9.57. The monoisotopic (exact) mass is 399 g/mol. The first-order chi connectivity index (χ1) is 13.9. The van der Waals surface area contributed by atoms with Crippen LogP contribution in [0.2, 0.25) is 0 Å². The smallest absolute Gasteiger partial charge is 0.410 e. The normalized spacial score (nSPS) is 14.1. The van der Waals surface area contributed by atoms with Crippen molar-refractivity contribution >= 4 is 17.4 Å². The summed E-state index contributed by atoms with van der Waals surface area (Å²) in [5.41, 5.74) is 3.35. The van der Waals surface area contributed by atoms with Gasteiger partial charge in [0.05, 0.1) is 12.2 Å². The number of nitrogens with zero attached hydrogens (tertiary/aromatic N) is 1. The van der Waals surface area contributed by atoms with E-state index in [-0.39, 0.29) is 12.5 Å². The van der Waals surface area contributed by atoms with Gasteiger partial charge in [0, 0.05) is 19.5 Å². The predicted molar refractivity (Wildman–Crippen MR) is 107 cm³/mol. The number of ketones is 1. The highest BCUT2D eigenvalue weighted by molar-refractivity contribution is 5.98. The highest BCUT2D eigenvalue weighted by Crippen LogP contribution is 2.27. The fourth-order valence-corrected chi connectivity index (χ4v) is 3.43.